The molecule has 0 radical (unpaired) electrons. The number of aromatic amines is 2. The Bertz CT molecular complexity index is 1060. The number of hydrogen-bond acceptors (Lipinski definition) is 3. The van der Waals surface area contributed by atoms with Gasteiger partial charge in [-0.2, -0.15) is 0 Å². The topological polar surface area (TPSA) is 81.8 Å². The number of carbonyl (C=O) groups is 2. The lowest BCUT2D eigenvalue weighted by atomic mass is 10.1. The van der Waals surface area contributed by atoms with E-state index < -0.39 is 0 Å². The zero-order chi connectivity index (χ0) is 19.3. The number of nitrogens with zero attached hydrogens (tertiary/aromatic N) is 2. The first kappa shape index (κ1) is 17.5. The molecule has 0 saturated carbocycles. The van der Waals surface area contributed by atoms with Crippen molar-refractivity contribution in [1.29, 1.82) is 0 Å². The molecule has 1 saturated heterocycles. The monoisotopic (exact) mass is 364 g/mol. The molecule has 6 nitrogen and oxygen atoms in total. The van der Waals surface area contributed by atoms with Gasteiger partial charge in [-0.05, 0) is 63.8 Å². The van der Waals surface area contributed by atoms with Crippen molar-refractivity contribution in [2.24, 2.45) is 0 Å². The second-order valence-electron chi connectivity index (χ2n) is 7.48. The van der Waals surface area contributed by atoms with Gasteiger partial charge in [0.1, 0.15) is 11.5 Å². The van der Waals surface area contributed by atoms with Crippen LogP contribution in [0.5, 0.6) is 0 Å². The normalized spacial score (nSPS) is 17.0. The average Bonchev–Trinajstić information content (AvgIpc) is 3.30. The summed E-state index contributed by atoms with van der Waals surface area (Å²) in [5, 5.41) is 0. The molecule has 1 aliphatic heterocycles. The van der Waals surface area contributed by atoms with Crippen molar-refractivity contribution < 1.29 is 9.59 Å². The maximum absolute atomic E-state index is 13.3. The maximum Gasteiger partial charge on any atom is 0.271 e. The van der Waals surface area contributed by atoms with E-state index >= 15 is 0 Å². The van der Waals surface area contributed by atoms with Crippen LogP contribution in [0.15, 0.2) is 18.2 Å². The third-order valence-electron chi connectivity index (χ3n) is 5.49. The number of hydrogen-bond donors (Lipinski definition) is 2. The summed E-state index contributed by atoms with van der Waals surface area (Å²) in [5.41, 5.74) is 5.70. The van der Waals surface area contributed by atoms with Crippen molar-refractivity contribution in [2.45, 2.75) is 46.6 Å². The highest BCUT2D eigenvalue weighted by Crippen LogP contribution is 2.33. The predicted octanol–water partition coefficient (Wildman–Crippen LogP) is 4.00. The number of nitrogens with one attached hydrogen (secondary N) is 2. The summed E-state index contributed by atoms with van der Waals surface area (Å²) in [4.78, 5) is 38.3. The molecule has 1 atom stereocenters. The first-order valence-electron chi connectivity index (χ1n) is 9.34. The van der Waals surface area contributed by atoms with Gasteiger partial charge in [-0.1, -0.05) is 6.07 Å². The number of carbonyl (C=O) groups excluding carboxylic acids is 2. The molecule has 27 heavy (non-hydrogen) atoms. The highest BCUT2D eigenvalue weighted by atomic mass is 16.2. The maximum atomic E-state index is 13.3. The van der Waals surface area contributed by atoms with Gasteiger partial charge in [0.2, 0.25) is 0 Å². The molecule has 0 bridgehead atoms. The summed E-state index contributed by atoms with van der Waals surface area (Å²) in [6, 6.07) is 6.04. The van der Waals surface area contributed by atoms with Gasteiger partial charge >= 0.3 is 0 Å². The zero-order valence-corrected chi connectivity index (χ0v) is 16.1. The number of amides is 1. The lowest BCUT2D eigenvalue weighted by Crippen LogP contribution is -2.31. The van der Waals surface area contributed by atoms with E-state index in [1.807, 2.05) is 37.8 Å². The molecule has 3 heterocycles. The van der Waals surface area contributed by atoms with Crippen molar-refractivity contribution in [2.75, 3.05) is 6.54 Å². The lowest BCUT2D eigenvalue weighted by Gasteiger charge is -2.23. The fourth-order valence-electron chi connectivity index (χ4n) is 4.23. The fourth-order valence-corrected chi connectivity index (χ4v) is 4.23. The molecule has 2 N–H and O–H groups in total. The number of H-pyrrole nitrogens is 2. The third kappa shape index (κ3) is 2.85. The van der Waals surface area contributed by atoms with Crippen LogP contribution in [0.3, 0.4) is 0 Å². The molecular weight excluding hydrogens is 340 g/mol. The number of aromatic nitrogens is 3. The molecule has 2 aromatic heterocycles. The van der Waals surface area contributed by atoms with Gasteiger partial charge in [0.05, 0.1) is 17.1 Å². The molecule has 6 heteroatoms. The minimum Gasteiger partial charge on any atom is -0.354 e. The van der Waals surface area contributed by atoms with Crippen LogP contribution in [-0.4, -0.2) is 38.1 Å². The smallest absolute Gasteiger partial charge is 0.271 e. The fraction of sp³-hybridized carbons (Fsp3) is 0.381. The van der Waals surface area contributed by atoms with Gasteiger partial charge in [0.25, 0.3) is 5.91 Å². The predicted molar refractivity (Wildman–Crippen MR) is 104 cm³/mol. The first-order chi connectivity index (χ1) is 12.9. The Morgan fingerprint density at radius 2 is 1.96 bits per heavy atom. The minimum atomic E-state index is -0.0750. The molecule has 1 fully saturated rings. The van der Waals surface area contributed by atoms with Crippen molar-refractivity contribution in [3.8, 4) is 0 Å². The summed E-state index contributed by atoms with van der Waals surface area (Å²) in [6.07, 6.45) is 1.81. The van der Waals surface area contributed by atoms with Gasteiger partial charge in [0.15, 0.2) is 5.78 Å². The van der Waals surface area contributed by atoms with Crippen LogP contribution in [0.25, 0.3) is 11.0 Å². The Morgan fingerprint density at radius 1 is 1.19 bits per heavy atom. The van der Waals surface area contributed by atoms with Crippen LogP contribution < -0.4 is 0 Å². The molecule has 0 spiro atoms. The Kier molecular flexibility index (Phi) is 4.13. The summed E-state index contributed by atoms with van der Waals surface area (Å²) in [6.45, 7) is 7.94. The highest BCUT2D eigenvalue weighted by Gasteiger charge is 2.34. The van der Waals surface area contributed by atoms with Gasteiger partial charge in [0, 0.05) is 17.8 Å². The first-order valence-corrected chi connectivity index (χ1v) is 9.34. The van der Waals surface area contributed by atoms with Crippen molar-refractivity contribution in [3.63, 3.8) is 0 Å². The number of benzene rings is 1. The van der Waals surface area contributed by atoms with Crippen LogP contribution in [0.1, 0.15) is 69.3 Å². The van der Waals surface area contributed by atoms with Crippen molar-refractivity contribution in [1.82, 2.24) is 19.9 Å². The number of rotatable bonds is 3. The van der Waals surface area contributed by atoms with Gasteiger partial charge in [-0.15, -0.1) is 0 Å². The average molecular weight is 364 g/mol. The van der Waals surface area contributed by atoms with Crippen LogP contribution in [0.4, 0.5) is 0 Å². The number of aryl methyl sites for hydroxylation is 2. The molecule has 4 rings (SSSR count). The molecular formula is C21H24N4O2. The molecule has 1 aromatic carbocycles. The minimum absolute atomic E-state index is 0.0223. The molecule has 3 aromatic rings. The number of imidazole rings is 1. The number of ketones is 1. The Balaban J connectivity index is 1.69. The van der Waals surface area contributed by atoms with Gasteiger partial charge < -0.3 is 14.9 Å². The van der Waals surface area contributed by atoms with E-state index in [0.29, 0.717) is 17.8 Å². The van der Waals surface area contributed by atoms with Gasteiger partial charge in [-0.25, -0.2) is 4.98 Å². The number of fused-ring (bicyclic) bond motifs is 1. The van der Waals surface area contributed by atoms with Crippen molar-refractivity contribution >= 4 is 22.7 Å². The van der Waals surface area contributed by atoms with E-state index in [1.54, 1.807) is 0 Å². The highest BCUT2D eigenvalue weighted by molar-refractivity contribution is 6.02. The zero-order valence-electron chi connectivity index (χ0n) is 16.1. The van der Waals surface area contributed by atoms with Crippen LogP contribution >= 0.6 is 0 Å². The number of Topliss-reactive ketones (excluding diaryl/α,β-unsaturated/α-hetero) is 1. The summed E-state index contributed by atoms with van der Waals surface area (Å²) < 4.78 is 0. The van der Waals surface area contributed by atoms with E-state index in [0.717, 1.165) is 41.0 Å². The van der Waals surface area contributed by atoms with Gasteiger partial charge in [-0.3, -0.25) is 9.59 Å². The van der Waals surface area contributed by atoms with E-state index in [-0.39, 0.29) is 17.7 Å². The standard InChI is InChI=1S/C21H24N4O2/c1-11-7-8-15-16(10-11)24-20(23-15)17-6-5-9-25(17)21(27)19-12(2)18(14(4)26)13(3)22-19/h7-8,10,17,22H,5-6,9H2,1-4H3,(H,23,24). The lowest BCUT2D eigenvalue weighted by molar-refractivity contribution is 0.0724. The second-order valence-corrected chi connectivity index (χ2v) is 7.48. The van der Waals surface area contributed by atoms with Crippen LogP contribution in [-0.2, 0) is 0 Å². The Labute approximate surface area is 158 Å². The largest absolute Gasteiger partial charge is 0.354 e. The number of likely N-dealkylation sites (tertiary alicyclic amines) is 1. The molecule has 140 valence electrons. The van der Waals surface area contributed by atoms with E-state index in [9.17, 15) is 9.59 Å². The van der Waals surface area contributed by atoms with E-state index in [4.69, 9.17) is 4.98 Å². The van der Waals surface area contributed by atoms with E-state index in [1.165, 1.54) is 12.5 Å². The molecule has 1 aliphatic rings. The van der Waals surface area contributed by atoms with Crippen LogP contribution in [0.2, 0.25) is 0 Å². The molecule has 1 amide bonds. The van der Waals surface area contributed by atoms with Crippen LogP contribution in [0, 0.1) is 20.8 Å². The van der Waals surface area contributed by atoms with Crippen molar-refractivity contribution in [3.05, 3.63) is 52.1 Å². The SMILES string of the molecule is CC(=O)c1c(C)[nH]c(C(=O)N2CCCC2c2nc3ccc(C)cc3[nH]2)c1C. The Morgan fingerprint density at radius 3 is 2.67 bits per heavy atom. The second kappa shape index (κ2) is 6.37. The quantitative estimate of drug-likeness (QED) is 0.689. The summed E-state index contributed by atoms with van der Waals surface area (Å²) in [5.74, 6) is 0.738. The molecule has 1 unspecified atom stereocenters. The summed E-state index contributed by atoms with van der Waals surface area (Å²) >= 11 is 0. The Hall–Kier alpha value is -2.89. The van der Waals surface area contributed by atoms with E-state index in [2.05, 4.69) is 16.0 Å². The molecule has 0 aliphatic carbocycles. The summed E-state index contributed by atoms with van der Waals surface area (Å²) in [7, 11) is 0. The third-order valence-corrected chi connectivity index (χ3v) is 5.49.